The predicted octanol–water partition coefficient (Wildman–Crippen LogP) is 4.33. The van der Waals surface area contributed by atoms with Gasteiger partial charge in [0, 0.05) is 29.4 Å². The summed E-state index contributed by atoms with van der Waals surface area (Å²) in [7, 11) is 0. The van der Waals surface area contributed by atoms with E-state index in [2.05, 4.69) is 22.0 Å². The first-order chi connectivity index (χ1) is 12.5. The first kappa shape index (κ1) is 18.8. The lowest BCUT2D eigenvalue weighted by Crippen LogP contribution is -2.50. The molecule has 1 aromatic carbocycles. The van der Waals surface area contributed by atoms with Crippen LogP contribution in [0.2, 0.25) is 10.0 Å². The number of nitrogens with two attached hydrogens (primary N) is 1. The topological polar surface area (TPSA) is 64.3 Å². The van der Waals surface area contributed by atoms with Crippen LogP contribution in [-0.4, -0.2) is 42.0 Å². The molecule has 1 spiro atoms. The fourth-order valence-electron chi connectivity index (χ4n) is 3.64. The summed E-state index contributed by atoms with van der Waals surface area (Å²) in [5.74, 6) is 0. The zero-order chi connectivity index (χ0) is 18.3. The van der Waals surface area contributed by atoms with Gasteiger partial charge >= 0.3 is 0 Å². The Morgan fingerprint density at radius 1 is 1.31 bits per heavy atom. The van der Waals surface area contributed by atoms with Gasteiger partial charge in [0.2, 0.25) is 5.13 Å². The van der Waals surface area contributed by atoms with Crippen LogP contribution < -0.4 is 10.6 Å². The summed E-state index contributed by atoms with van der Waals surface area (Å²) in [5.41, 5.74) is 6.51. The maximum atomic E-state index is 6.39. The van der Waals surface area contributed by atoms with E-state index in [1.807, 2.05) is 12.1 Å². The number of hydrogen-bond donors (Lipinski definition) is 1. The second-order valence-corrected chi connectivity index (χ2v) is 9.93. The van der Waals surface area contributed by atoms with Crippen molar-refractivity contribution in [2.45, 2.75) is 41.1 Å². The van der Waals surface area contributed by atoms with E-state index in [1.165, 1.54) is 11.8 Å². The third-order valence-corrected chi connectivity index (χ3v) is 8.41. The van der Waals surface area contributed by atoms with Crippen molar-refractivity contribution in [1.82, 2.24) is 10.2 Å². The number of benzene rings is 1. The Hall–Kier alpha value is -0.570. The molecule has 2 aromatic rings. The lowest BCUT2D eigenvalue weighted by molar-refractivity contribution is 0.0974. The number of piperidine rings is 1. The minimum absolute atomic E-state index is 0.118. The summed E-state index contributed by atoms with van der Waals surface area (Å²) in [6.07, 6.45) is 2.20. The molecule has 2 atom stereocenters. The van der Waals surface area contributed by atoms with E-state index in [4.69, 9.17) is 33.7 Å². The fraction of sp³-hybridized carbons (Fsp3) is 0.529. The molecule has 2 aliphatic heterocycles. The Labute approximate surface area is 171 Å². The highest BCUT2D eigenvalue weighted by Gasteiger charge is 2.47. The standard InChI is InChI=1S/C17H20Cl2N4OS2/c1-10-14(20)17(9-24-10)5-7-23(8-6-17)15-21-22-16(26-15)25-12-4-2-3-11(18)13(12)19/h2-4,10,14H,5-9,20H2,1H3/t10-,14+/m0/s1. The van der Waals surface area contributed by atoms with E-state index in [0.717, 1.165) is 46.9 Å². The molecule has 140 valence electrons. The molecule has 9 heteroatoms. The zero-order valence-electron chi connectivity index (χ0n) is 14.3. The Morgan fingerprint density at radius 2 is 2.08 bits per heavy atom. The van der Waals surface area contributed by atoms with Gasteiger partial charge in [-0.05, 0) is 31.9 Å². The van der Waals surface area contributed by atoms with Crippen molar-refractivity contribution in [1.29, 1.82) is 0 Å². The molecule has 0 aliphatic carbocycles. The van der Waals surface area contributed by atoms with Crippen molar-refractivity contribution in [3.8, 4) is 0 Å². The summed E-state index contributed by atoms with van der Waals surface area (Å²) >= 11 is 15.4. The van der Waals surface area contributed by atoms with E-state index in [0.29, 0.717) is 10.0 Å². The highest BCUT2D eigenvalue weighted by atomic mass is 35.5. The van der Waals surface area contributed by atoms with Crippen molar-refractivity contribution in [3.63, 3.8) is 0 Å². The van der Waals surface area contributed by atoms with E-state index in [1.54, 1.807) is 17.4 Å². The van der Waals surface area contributed by atoms with Crippen LogP contribution in [0.1, 0.15) is 19.8 Å². The predicted molar refractivity (Wildman–Crippen MR) is 108 cm³/mol. The average Bonchev–Trinajstić information content (AvgIpc) is 3.21. The normalized spacial score (nSPS) is 25.2. The van der Waals surface area contributed by atoms with E-state index in [-0.39, 0.29) is 17.6 Å². The van der Waals surface area contributed by atoms with Crippen LogP contribution in [0.15, 0.2) is 27.4 Å². The van der Waals surface area contributed by atoms with Gasteiger partial charge in [0.05, 0.1) is 22.8 Å². The fourth-order valence-corrected chi connectivity index (χ4v) is 6.02. The number of aromatic nitrogens is 2. The van der Waals surface area contributed by atoms with Gasteiger partial charge in [0.25, 0.3) is 0 Å². The summed E-state index contributed by atoms with van der Waals surface area (Å²) in [5, 5.41) is 10.7. The van der Waals surface area contributed by atoms with Crippen LogP contribution in [0.5, 0.6) is 0 Å². The van der Waals surface area contributed by atoms with Gasteiger partial charge in [-0.25, -0.2) is 0 Å². The molecule has 1 aromatic heterocycles. The van der Waals surface area contributed by atoms with Gasteiger partial charge in [0.15, 0.2) is 4.34 Å². The Bertz CT molecular complexity index is 795. The Morgan fingerprint density at radius 3 is 2.77 bits per heavy atom. The zero-order valence-corrected chi connectivity index (χ0v) is 17.5. The van der Waals surface area contributed by atoms with Gasteiger partial charge in [0.1, 0.15) is 0 Å². The van der Waals surface area contributed by atoms with Crippen molar-refractivity contribution in [3.05, 3.63) is 28.2 Å². The highest BCUT2D eigenvalue weighted by Crippen LogP contribution is 2.43. The maximum Gasteiger partial charge on any atom is 0.209 e. The molecule has 0 bridgehead atoms. The van der Waals surface area contributed by atoms with Gasteiger partial charge in [-0.15, -0.1) is 10.2 Å². The lowest BCUT2D eigenvalue weighted by Gasteiger charge is -2.40. The number of anilines is 1. The van der Waals surface area contributed by atoms with Crippen LogP contribution in [0.25, 0.3) is 0 Å². The molecule has 0 unspecified atom stereocenters. The number of rotatable bonds is 3. The van der Waals surface area contributed by atoms with Crippen LogP contribution in [0.4, 0.5) is 5.13 Å². The molecule has 2 N–H and O–H groups in total. The quantitative estimate of drug-likeness (QED) is 0.781. The second-order valence-electron chi connectivity index (χ2n) is 6.90. The number of halogens is 2. The van der Waals surface area contributed by atoms with E-state index >= 15 is 0 Å². The second kappa shape index (κ2) is 7.45. The molecule has 2 fully saturated rings. The Kier molecular flexibility index (Phi) is 5.38. The van der Waals surface area contributed by atoms with Crippen molar-refractivity contribution in [2.24, 2.45) is 11.1 Å². The van der Waals surface area contributed by atoms with Crippen molar-refractivity contribution < 1.29 is 4.74 Å². The van der Waals surface area contributed by atoms with Gasteiger partial charge in [-0.1, -0.05) is 52.4 Å². The molecule has 0 amide bonds. The van der Waals surface area contributed by atoms with Crippen LogP contribution >= 0.6 is 46.3 Å². The monoisotopic (exact) mass is 430 g/mol. The molecule has 4 rings (SSSR count). The van der Waals surface area contributed by atoms with Crippen molar-refractivity contribution >= 4 is 51.4 Å². The smallest absolute Gasteiger partial charge is 0.209 e. The molecule has 0 radical (unpaired) electrons. The summed E-state index contributed by atoms with van der Waals surface area (Å²) < 4.78 is 6.66. The first-order valence-corrected chi connectivity index (χ1v) is 10.9. The molecule has 3 heterocycles. The molecule has 2 aliphatic rings. The molecule has 0 saturated carbocycles. The average molecular weight is 431 g/mol. The van der Waals surface area contributed by atoms with E-state index < -0.39 is 0 Å². The first-order valence-electron chi connectivity index (χ1n) is 8.56. The van der Waals surface area contributed by atoms with Crippen LogP contribution in [0, 0.1) is 5.41 Å². The maximum absolute atomic E-state index is 6.39. The van der Waals surface area contributed by atoms with Gasteiger partial charge in [-0.3, -0.25) is 0 Å². The summed E-state index contributed by atoms with van der Waals surface area (Å²) in [6, 6.07) is 5.72. The molecular formula is C17H20Cl2N4OS2. The summed E-state index contributed by atoms with van der Waals surface area (Å²) in [4.78, 5) is 3.19. The number of hydrogen-bond acceptors (Lipinski definition) is 7. The lowest BCUT2D eigenvalue weighted by atomic mass is 9.73. The number of ether oxygens (including phenoxy) is 1. The highest BCUT2D eigenvalue weighted by molar-refractivity contribution is 8.01. The summed E-state index contributed by atoms with van der Waals surface area (Å²) in [6.45, 7) is 4.71. The molecular weight excluding hydrogens is 411 g/mol. The van der Waals surface area contributed by atoms with Crippen LogP contribution in [0.3, 0.4) is 0 Å². The SMILES string of the molecule is C[C@@H]1OCC2(CCN(c3nnc(Sc4cccc(Cl)c4Cl)s3)CC2)[C@@H]1N. The third kappa shape index (κ3) is 3.45. The minimum atomic E-state index is 0.118. The van der Waals surface area contributed by atoms with Crippen LogP contribution in [-0.2, 0) is 4.74 Å². The molecule has 2 saturated heterocycles. The van der Waals surface area contributed by atoms with Gasteiger partial charge < -0.3 is 15.4 Å². The molecule has 26 heavy (non-hydrogen) atoms. The molecule has 5 nitrogen and oxygen atoms in total. The minimum Gasteiger partial charge on any atom is -0.376 e. The van der Waals surface area contributed by atoms with Gasteiger partial charge in [-0.2, -0.15) is 0 Å². The Balaban J connectivity index is 1.42. The largest absolute Gasteiger partial charge is 0.376 e. The van der Waals surface area contributed by atoms with E-state index in [9.17, 15) is 0 Å². The van der Waals surface area contributed by atoms with Crippen molar-refractivity contribution in [2.75, 3.05) is 24.6 Å². The third-order valence-electron chi connectivity index (χ3n) is 5.39. The number of nitrogens with zero attached hydrogens (tertiary/aromatic N) is 3.